The Hall–Kier alpha value is -2.87. The average Bonchev–Trinajstić information content (AvgIpc) is 2.99. The minimum absolute atomic E-state index is 0.322. The molecule has 0 unspecified atom stereocenters. The van der Waals surface area contributed by atoms with Crippen LogP contribution < -0.4 is 0 Å². The van der Waals surface area contributed by atoms with Crippen LogP contribution in [0.5, 0.6) is 0 Å². The van der Waals surface area contributed by atoms with Crippen molar-refractivity contribution in [3.8, 4) is 0 Å². The van der Waals surface area contributed by atoms with Gasteiger partial charge in [0.2, 0.25) is 0 Å². The summed E-state index contributed by atoms with van der Waals surface area (Å²) >= 11 is 0. The number of hydrogen-bond donors (Lipinski definition) is 0. The molecule has 0 heterocycles. The van der Waals surface area contributed by atoms with E-state index in [4.69, 9.17) is 8.37 Å². The second kappa shape index (κ2) is 11.1. The van der Waals surface area contributed by atoms with Crippen molar-refractivity contribution in [2.24, 2.45) is 23.2 Å². The molecule has 4 aliphatic rings. The molecule has 0 aliphatic heterocycles. The first-order chi connectivity index (χ1) is 21.5. The molecule has 4 saturated carbocycles. The molecule has 46 heavy (non-hydrogen) atoms. The van der Waals surface area contributed by atoms with Crippen LogP contribution in [0, 0.1) is 23.2 Å². The van der Waals surface area contributed by atoms with E-state index in [0.29, 0.717) is 51.7 Å². The molecule has 0 radical (unpaired) electrons. The van der Waals surface area contributed by atoms with E-state index < -0.39 is 65.4 Å². The van der Waals surface area contributed by atoms with Crippen molar-refractivity contribution < 1.29 is 41.0 Å². The minimum Gasteiger partial charge on any atom is -0.465 e. The van der Waals surface area contributed by atoms with Crippen LogP contribution in [-0.4, -0.2) is 21.0 Å². The molecule has 3 aromatic carbocycles. The lowest BCUT2D eigenvalue weighted by molar-refractivity contribution is -0.171. The highest BCUT2D eigenvalue weighted by Gasteiger charge is 2.67. The van der Waals surface area contributed by atoms with Gasteiger partial charge >= 0.3 is 26.3 Å². The summed E-state index contributed by atoms with van der Waals surface area (Å²) in [5.41, 5.74) is -0.813. The summed E-state index contributed by atoms with van der Waals surface area (Å²) < 4.78 is 110. The summed E-state index contributed by atoms with van der Waals surface area (Å²) in [5, 5.41) is -0.524. The molecule has 4 bridgehead atoms. The Kier molecular flexibility index (Phi) is 7.97. The lowest BCUT2D eigenvalue weighted by Crippen LogP contribution is -2.50. The summed E-state index contributed by atoms with van der Waals surface area (Å²) in [4.78, 5) is 11.6. The molecular formula is C33H35F5O5S3. The molecule has 0 spiro atoms. The maximum atomic E-state index is 14.4. The van der Waals surface area contributed by atoms with Gasteiger partial charge in [-0.25, -0.2) is 3.63 Å². The molecule has 4 aliphatic carbocycles. The second-order valence-corrected chi connectivity index (χ2v) is 19.4. The molecule has 5 nitrogen and oxygen atoms in total. The van der Waals surface area contributed by atoms with Crippen LogP contribution >= 0.6 is 20.5 Å². The normalized spacial score (nSPS) is 26.6. The predicted molar refractivity (Wildman–Crippen MR) is 169 cm³/mol. The topological polar surface area (TPSA) is 69.7 Å². The van der Waals surface area contributed by atoms with E-state index in [9.17, 15) is 32.6 Å². The van der Waals surface area contributed by atoms with Gasteiger partial charge in [0, 0.05) is 21.1 Å². The summed E-state index contributed by atoms with van der Waals surface area (Å²) in [6, 6.07) is 24.2. The molecule has 0 aromatic heterocycles. The molecular weight excluding hydrogens is 668 g/mol. The van der Waals surface area contributed by atoms with E-state index in [2.05, 4.69) is 0 Å². The van der Waals surface area contributed by atoms with Crippen LogP contribution in [0.3, 0.4) is 0 Å². The van der Waals surface area contributed by atoms with Gasteiger partial charge < -0.3 is 4.74 Å². The summed E-state index contributed by atoms with van der Waals surface area (Å²) in [5.74, 6) is 0.362. The fourth-order valence-corrected chi connectivity index (χ4v) is 14.5. The summed E-state index contributed by atoms with van der Waals surface area (Å²) in [6.07, 6.45) is 3.23. The number of rotatable bonds is 11. The van der Waals surface area contributed by atoms with Gasteiger partial charge in [-0.15, -0.1) is 0 Å². The van der Waals surface area contributed by atoms with Gasteiger partial charge in [-0.1, -0.05) is 74.0 Å². The number of carbonyl (C=O) groups is 1. The Morgan fingerprint density at radius 1 is 0.717 bits per heavy atom. The van der Waals surface area contributed by atoms with Gasteiger partial charge in [-0.2, -0.15) is 8.42 Å². The Labute approximate surface area is 267 Å². The van der Waals surface area contributed by atoms with E-state index in [1.165, 1.54) is 0 Å². The molecule has 4 fully saturated rings. The highest BCUT2D eigenvalue weighted by atomic mass is 32.5. The zero-order valence-corrected chi connectivity index (χ0v) is 27.2. The van der Waals surface area contributed by atoms with Crippen molar-refractivity contribution >= 4 is 36.6 Å². The Morgan fingerprint density at radius 2 is 1.11 bits per heavy atom. The standard InChI is InChI=1S/C33H35F5O5S3/c34-46(35,36,37,38)31(16-17-42-32(39)33-21-25-18-26(22-33)20-27(19-25)23-33)24-44(40,41)43-45(28-10-4-1-5-11-28,29-12-6-2-7-13-29)30-14-8-3-9-15-30/h1-15,24-27H,16-23H2. The lowest BCUT2D eigenvalue weighted by atomic mass is 9.49. The first-order valence-electron chi connectivity index (χ1n) is 15.0. The van der Waals surface area contributed by atoms with E-state index >= 15 is 0 Å². The quantitative estimate of drug-likeness (QED) is 0.147. The first kappa shape index (κ1) is 33.0. The monoisotopic (exact) mass is 702 g/mol. The van der Waals surface area contributed by atoms with Gasteiger partial charge in [-0.3, -0.25) is 4.79 Å². The van der Waals surface area contributed by atoms with Crippen molar-refractivity contribution in [2.45, 2.75) is 59.6 Å². The zero-order chi connectivity index (χ0) is 32.9. The molecule has 0 amide bonds. The van der Waals surface area contributed by atoms with Crippen molar-refractivity contribution in [3.05, 3.63) is 101 Å². The molecule has 0 N–H and O–H groups in total. The highest BCUT2D eigenvalue weighted by molar-refractivity contribution is 8.48. The van der Waals surface area contributed by atoms with Gasteiger partial charge in [0.1, 0.15) is 4.91 Å². The molecule has 13 heteroatoms. The van der Waals surface area contributed by atoms with Gasteiger partial charge in [0.25, 0.3) is 0 Å². The van der Waals surface area contributed by atoms with Gasteiger partial charge in [0.05, 0.1) is 17.4 Å². The third-order valence-corrected chi connectivity index (χ3v) is 15.7. The number of hydrogen-bond acceptors (Lipinski definition) is 5. The third-order valence-electron chi connectivity index (χ3n) is 9.25. The maximum Gasteiger partial charge on any atom is 0.312 e. The molecule has 0 saturated heterocycles. The Balaban J connectivity index is 1.34. The minimum atomic E-state index is -10.6. The maximum absolute atomic E-state index is 14.4. The van der Waals surface area contributed by atoms with E-state index in [1.54, 1.807) is 91.0 Å². The number of ether oxygens (including phenoxy) is 1. The fourth-order valence-electron chi connectivity index (χ4n) is 7.79. The number of esters is 1. The van der Waals surface area contributed by atoms with Crippen LogP contribution in [-0.2, 0) is 23.3 Å². The van der Waals surface area contributed by atoms with Gasteiger partial charge in [-0.05, 0) is 103 Å². The van der Waals surface area contributed by atoms with Crippen LogP contribution in [0.25, 0.3) is 0 Å². The molecule has 7 rings (SSSR count). The average molecular weight is 703 g/mol. The second-order valence-electron chi connectivity index (χ2n) is 12.7. The van der Waals surface area contributed by atoms with Crippen LogP contribution in [0.2, 0.25) is 0 Å². The van der Waals surface area contributed by atoms with Gasteiger partial charge in [0.15, 0.2) is 0 Å². The fraction of sp³-hybridized carbons (Fsp3) is 0.364. The number of halogens is 5. The smallest absolute Gasteiger partial charge is 0.312 e. The molecule has 250 valence electrons. The van der Waals surface area contributed by atoms with Crippen LogP contribution in [0.15, 0.2) is 116 Å². The molecule has 0 atom stereocenters. The summed E-state index contributed by atoms with van der Waals surface area (Å²) in [6.45, 7) is -1.04. The SMILES string of the molecule is O=C(OCCC(=CS(=O)(=O)OS(c1ccccc1)(c1ccccc1)c1ccccc1)S(F)(F)(F)(F)F)C12CC3CC(CC(C3)C1)C2. The lowest BCUT2D eigenvalue weighted by Gasteiger charge is -2.55. The first-order valence-corrected chi connectivity index (χ1v) is 20.0. The molecule has 3 aromatic rings. The highest BCUT2D eigenvalue weighted by Crippen LogP contribution is 3.02. The van der Waals surface area contributed by atoms with Crippen molar-refractivity contribution in [3.63, 3.8) is 0 Å². The largest absolute Gasteiger partial charge is 0.465 e. The van der Waals surface area contributed by atoms with Crippen molar-refractivity contribution in [1.29, 1.82) is 0 Å². The third kappa shape index (κ3) is 6.74. The van der Waals surface area contributed by atoms with Crippen LogP contribution in [0.4, 0.5) is 19.4 Å². The number of benzene rings is 3. The predicted octanol–water partition coefficient (Wildman–Crippen LogP) is 10.5. The van der Waals surface area contributed by atoms with E-state index in [1.807, 2.05) is 0 Å². The van der Waals surface area contributed by atoms with E-state index in [-0.39, 0.29) is 0 Å². The summed E-state index contributed by atoms with van der Waals surface area (Å²) in [7, 11) is -19.3. The Bertz CT molecular complexity index is 1600. The Morgan fingerprint density at radius 3 is 1.48 bits per heavy atom. The van der Waals surface area contributed by atoms with E-state index in [0.717, 1.165) is 19.3 Å². The van der Waals surface area contributed by atoms with Crippen molar-refractivity contribution in [2.75, 3.05) is 6.61 Å². The van der Waals surface area contributed by atoms with Crippen LogP contribution in [0.1, 0.15) is 44.9 Å². The number of carbonyl (C=O) groups excluding carboxylic acids is 1. The van der Waals surface area contributed by atoms with Crippen molar-refractivity contribution in [1.82, 2.24) is 0 Å². The zero-order valence-electron chi connectivity index (χ0n) is 24.8.